The Morgan fingerprint density at radius 3 is 2.74 bits per heavy atom. The van der Waals surface area contributed by atoms with E-state index in [0.29, 0.717) is 39.2 Å². The van der Waals surface area contributed by atoms with Gasteiger partial charge in [-0.1, -0.05) is 36.1 Å². The van der Waals surface area contributed by atoms with E-state index in [1.165, 1.54) is 28.8 Å². The monoisotopic (exact) mass is 512 g/mol. The lowest BCUT2D eigenvalue weighted by atomic mass is 10.1. The van der Waals surface area contributed by atoms with Crippen molar-refractivity contribution in [2.45, 2.75) is 19.8 Å². The molecule has 2 aromatic carbocycles. The first-order chi connectivity index (χ1) is 16.9. The van der Waals surface area contributed by atoms with E-state index in [1.807, 2.05) is 19.1 Å². The molecule has 0 aliphatic carbocycles. The van der Waals surface area contributed by atoms with E-state index in [0.717, 1.165) is 11.1 Å². The molecule has 1 N–H and O–H groups in total. The van der Waals surface area contributed by atoms with E-state index < -0.39 is 0 Å². The lowest BCUT2D eigenvalue weighted by molar-refractivity contribution is -0.122. The summed E-state index contributed by atoms with van der Waals surface area (Å²) in [6.07, 6.45) is 2.21. The number of hydrogen-bond acceptors (Lipinski definition) is 8. The Balaban J connectivity index is 1.33. The van der Waals surface area contributed by atoms with E-state index in [4.69, 9.17) is 21.6 Å². The summed E-state index contributed by atoms with van der Waals surface area (Å²) in [7, 11) is 1.58. The summed E-state index contributed by atoms with van der Waals surface area (Å²) in [6, 6.07) is 11.3. The highest BCUT2D eigenvalue weighted by Gasteiger charge is 2.31. The molecule has 0 unspecified atom stereocenters. The summed E-state index contributed by atoms with van der Waals surface area (Å²) in [5.41, 5.74) is 2.77. The second kappa shape index (κ2) is 10.8. The minimum absolute atomic E-state index is 0.141. The Bertz CT molecular complexity index is 1310. The first-order valence-electron chi connectivity index (χ1n) is 10.6. The fourth-order valence-electron chi connectivity index (χ4n) is 3.47. The SMILES string of the molecule is COc1ccc(-c2nonc2NC(=O)CCCN2C(=O)/C(=C/c3ccc(F)cc3)SC2=S)c(C)c1. The van der Waals surface area contributed by atoms with Gasteiger partial charge in [0.1, 0.15) is 15.9 Å². The quantitative estimate of drug-likeness (QED) is 0.339. The largest absolute Gasteiger partial charge is 0.497 e. The van der Waals surface area contributed by atoms with E-state index in [2.05, 4.69) is 15.6 Å². The second-order valence-corrected chi connectivity index (χ2v) is 9.35. The van der Waals surface area contributed by atoms with Crippen LogP contribution in [-0.4, -0.2) is 45.0 Å². The number of methoxy groups -OCH3 is 1. The van der Waals surface area contributed by atoms with Gasteiger partial charge in [-0.05, 0) is 71.2 Å². The number of benzene rings is 2. The molecule has 1 aliphatic heterocycles. The number of aromatic nitrogens is 2. The van der Waals surface area contributed by atoms with E-state index in [9.17, 15) is 14.0 Å². The molecule has 1 saturated heterocycles. The summed E-state index contributed by atoms with van der Waals surface area (Å²) in [5, 5.41) is 10.5. The minimum Gasteiger partial charge on any atom is -0.497 e. The highest BCUT2D eigenvalue weighted by Crippen LogP contribution is 2.33. The first kappa shape index (κ1) is 24.6. The average molecular weight is 513 g/mol. The van der Waals surface area contributed by atoms with Crippen LogP contribution in [0.1, 0.15) is 24.0 Å². The molecule has 4 rings (SSSR count). The average Bonchev–Trinajstić information content (AvgIpc) is 3.39. The first-order valence-corrected chi connectivity index (χ1v) is 11.9. The predicted octanol–water partition coefficient (Wildman–Crippen LogP) is 4.81. The van der Waals surface area contributed by atoms with E-state index in [-0.39, 0.29) is 29.9 Å². The van der Waals surface area contributed by atoms with Crippen molar-refractivity contribution in [1.29, 1.82) is 0 Å². The maximum absolute atomic E-state index is 13.1. The summed E-state index contributed by atoms with van der Waals surface area (Å²) in [5.74, 6) is 0.0522. The van der Waals surface area contributed by atoms with Crippen LogP contribution in [0.5, 0.6) is 5.75 Å². The van der Waals surface area contributed by atoms with Crippen molar-refractivity contribution in [2.24, 2.45) is 0 Å². The number of nitrogens with zero attached hydrogens (tertiary/aromatic N) is 3. The molecule has 2 amide bonds. The molecule has 3 aromatic rings. The summed E-state index contributed by atoms with van der Waals surface area (Å²) in [4.78, 5) is 27.2. The Morgan fingerprint density at radius 2 is 2.03 bits per heavy atom. The van der Waals surface area contributed by atoms with Crippen LogP contribution in [0.4, 0.5) is 10.2 Å². The van der Waals surface area contributed by atoms with Gasteiger partial charge < -0.3 is 10.1 Å². The standard InChI is InChI=1S/C24H21FN4O4S2/c1-14-12-17(32-2)9-10-18(14)21-22(28-33-27-21)26-20(30)4-3-11-29-23(31)19(35-24(29)34)13-15-5-7-16(25)8-6-15/h5-10,12-13H,3-4,11H2,1-2H3,(H,26,28,30)/b19-13-. The van der Waals surface area contributed by atoms with Crippen molar-refractivity contribution in [3.8, 4) is 17.0 Å². The number of aryl methyl sites for hydroxylation is 1. The van der Waals surface area contributed by atoms with Crippen LogP contribution in [0.15, 0.2) is 52.0 Å². The number of thiocarbonyl (C=S) groups is 1. The summed E-state index contributed by atoms with van der Waals surface area (Å²) >= 11 is 6.51. The van der Waals surface area contributed by atoms with Gasteiger partial charge in [0.05, 0.1) is 12.0 Å². The number of nitrogens with one attached hydrogen (secondary N) is 1. The number of anilines is 1. The van der Waals surface area contributed by atoms with Gasteiger partial charge in [0.25, 0.3) is 5.91 Å². The van der Waals surface area contributed by atoms with Gasteiger partial charge in [-0.3, -0.25) is 14.5 Å². The maximum Gasteiger partial charge on any atom is 0.266 e. The lowest BCUT2D eigenvalue weighted by Crippen LogP contribution is -2.29. The molecule has 0 spiro atoms. The summed E-state index contributed by atoms with van der Waals surface area (Å²) in [6.45, 7) is 2.19. The van der Waals surface area contributed by atoms with Crippen molar-refractivity contribution in [1.82, 2.24) is 15.2 Å². The van der Waals surface area contributed by atoms with Gasteiger partial charge in [-0.15, -0.1) is 0 Å². The number of carbonyl (C=O) groups excluding carboxylic acids is 2. The Kier molecular flexibility index (Phi) is 7.57. The van der Waals surface area contributed by atoms with Crippen LogP contribution in [0.2, 0.25) is 0 Å². The van der Waals surface area contributed by atoms with Crippen molar-refractivity contribution in [2.75, 3.05) is 19.0 Å². The third kappa shape index (κ3) is 5.75. The van der Waals surface area contributed by atoms with Crippen LogP contribution in [0, 0.1) is 12.7 Å². The Hall–Kier alpha value is -3.57. The molecule has 0 bridgehead atoms. The van der Waals surface area contributed by atoms with Crippen molar-refractivity contribution < 1.29 is 23.3 Å². The third-order valence-corrected chi connectivity index (χ3v) is 6.64. The molecule has 0 radical (unpaired) electrons. The zero-order valence-electron chi connectivity index (χ0n) is 18.9. The second-order valence-electron chi connectivity index (χ2n) is 7.68. The van der Waals surface area contributed by atoms with Gasteiger partial charge in [0.2, 0.25) is 11.7 Å². The number of thioether (sulfide) groups is 1. The van der Waals surface area contributed by atoms with Crippen molar-refractivity contribution in [3.05, 3.63) is 64.3 Å². The molecule has 1 aliphatic rings. The lowest BCUT2D eigenvalue weighted by Gasteiger charge is -2.14. The van der Waals surface area contributed by atoms with E-state index >= 15 is 0 Å². The number of amides is 2. The van der Waals surface area contributed by atoms with Crippen LogP contribution >= 0.6 is 24.0 Å². The third-order valence-electron chi connectivity index (χ3n) is 5.26. The van der Waals surface area contributed by atoms with Crippen LogP contribution in [0.3, 0.4) is 0 Å². The molecule has 35 heavy (non-hydrogen) atoms. The van der Waals surface area contributed by atoms with Gasteiger partial charge in [0, 0.05) is 18.5 Å². The molecule has 11 heteroatoms. The van der Waals surface area contributed by atoms with Crippen LogP contribution in [0.25, 0.3) is 17.3 Å². The van der Waals surface area contributed by atoms with Crippen molar-refractivity contribution >= 4 is 52.0 Å². The highest BCUT2D eigenvalue weighted by molar-refractivity contribution is 8.26. The molecule has 8 nitrogen and oxygen atoms in total. The van der Waals surface area contributed by atoms with Gasteiger partial charge >= 0.3 is 0 Å². The topological polar surface area (TPSA) is 97.6 Å². The van der Waals surface area contributed by atoms with Crippen LogP contribution in [-0.2, 0) is 9.59 Å². The molecule has 1 fully saturated rings. The number of halogens is 1. The Morgan fingerprint density at radius 1 is 1.26 bits per heavy atom. The molecule has 0 saturated carbocycles. The fraction of sp³-hybridized carbons (Fsp3) is 0.208. The molecule has 2 heterocycles. The number of hydrogen-bond donors (Lipinski definition) is 1. The smallest absolute Gasteiger partial charge is 0.266 e. The summed E-state index contributed by atoms with van der Waals surface area (Å²) < 4.78 is 23.6. The normalized spacial score (nSPS) is 14.6. The highest BCUT2D eigenvalue weighted by atomic mass is 32.2. The molecule has 0 atom stereocenters. The zero-order chi connectivity index (χ0) is 24.9. The van der Waals surface area contributed by atoms with Gasteiger partial charge in [-0.2, -0.15) is 0 Å². The van der Waals surface area contributed by atoms with Crippen LogP contribution < -0.4 is 10.1 Å². The number of ether oxygens (including phenoxy) is 1. The number of rotatable bonds is 8. The molecular formula is C24H21FN4O4S2. The van der Waals surface area contributed by atoms with Gasteiger partial charge in [0.15, 0.2) is 5.69 Å². The predicted molar refractivity (Wildman–Crippen MR) is 135 cm³/mol. The van der Waals surface area contributed by atoms with E-state index in [1.54, 1.807) is 31.4 Å². The van der Waals surface area contributed by atoms with Gasteiger partial charge in [-0.25, -0.2) is 9.02 Å². The minimum atomic E-state index is -0.347. The van der Waals surface area contributed by atoms with Crippen molar-refractivity contribution in [3.63, 3.8) is 0 Å². The molecular weight excluding hydrogens is 491 g/mol. The molecule has 180 valence electrons. The molecule has 1 aromatic heterocycles. The maximum atomic E-state index is 13.1. The fourth-order valence-corrected chi connectivity index (χ4v) is 4.78. The Labute approximate surface area is 210 Å². The number of carbonyl (C=O) groups is 2. The zero-order valence-corrected chi connectivity index (χ0v) is 20.5.